The highest BCUT2D eigenvalue weighted by atomic mass is 19.1. The molecule has 0 bridgehead atoms. The highest BCUT2D eigenvalue weighted by Crippen LogP contribution is 2.25. The van der Waals surface area contributed by atoms with E-state index in [1.54, 1.807) is 26.0 Å². The Kier molecular flexibility index (Phi) is 8.10. The molecular weight excluding hydrogens is 321 g/mol. The Balaban J connectivity index is 0.00000151. The number of nitrogens with zero attached hydrogens (tertiary/aromatic N) is 1. The Morgan fingerprint density at radius 3 is 2.52 bits per heavy atom. The highest BCUT2D eigenvalue weighted by molar-refractivity contribution is 6.00. The number of hydrogen-bond donors (Lipinski definition) is 2. The molecular formula is C19H22FN3O2. The molecule has 2 aromatic carbocycles. The van der Waals surface area contributed by atoms with Crippen LogP contribution in [-0.4, -0.2) is 12.5 Å². The van der Waals surface area contributed by atoms with E-state index in [0.29, 0.717) is 17.9 Å². The molecule has 0 atom stereocenters. The third-order valence-corrected chi connectivity index (χ3v) is 3.10. The van der Waals surface area contributed by atoms with Gasteiger partial charge in [0.2, 0.25) is 0 Å². The molecule has 6 heteroatoms. The van der Waals surface area contributed by atoms with E-state index in [9.17, 15) is 9.18 Å². The maximum absolute atomic E-state index is 14.0. The summed E-state index contributed by atoms with van der Waals surface area (Å²) in [7, 11) is 0. The minimum Gasteiger partial charge on any atom is -0.352 e. The predicted octanol–water partition coefficient (Wildman–Crippen LogP) is 4.46. The smallest absolute Gasteiger partial charge is 0.276 e. The first-order valence-electron chi connectivity index (χ1n) is 8.04. The quantitative estimate of drug-likeness (QED) is 0.786. The number of hydrogen-bond acceptors (Lipinski definition) is 4. The lowest BCUT2D eigenvalue weighted by Gasteiger charge is -2.13. The summed E-state index contributed by atoms with van der Waals surface area (Å²) in [6.45, 7) is 7.83. The van der Waals surface area contributed by atoms with Crippen molar-refractivity contribution < 1.29 is 14.0 Å². The number of benzene rings is 2. The summed E-state index contributed by atoms with van der Waals surface area (Å²) >= 11 is 0. The number of nitrogens with one attached hydrogen (secondary N) is 2. The maximum Gasteiger partial charge on any atom is 0.276 e. The van der Waals surface area contributed by atoms with Gasteiger partial charge >= 0.3 is 0 Å². The molecule has 132 valence electrons. The molecule has 0 spiro atoms. The van der Waals surface area contributed by atoms with Gasteiger partial charge in [0.15, 0.2) is 0 Å². The van der Waals surface area contributed by atoms with Crippen LogP contribution < -0.4 is 10.8 Å². The number of hydroxylamine groups is 1. The van der Waals surface area contributed by atoms with Crippen LogP contribution in [0.15, 0.2) is 36.4 Å². The summed E-state index contributed by atoms with van der Waals surface area (Å²) in [5, 5.41) is 11.9. The molecule has 2 N–H and O–H groups in total. The predicted molar refractivity (Wildman–Crippen MR) is 96.0 cm³/mol. The Hall–Kier alpha value is -2.91. The molecule has 0 unspecified atom stereocenters. The van der Waals surface area contributed by atoms with Crippen molar-refractivity contribution in [2.75, 3.05) is 11.9 Å². The number of carbonyl (C=O) groups is 1. The lowest BCUT2D eigenvalue weighted by molar-refractivity contribution is 0.0365. The third-order valence-electron chi connectivity index (χ3n) is 3.10. The van der Waals surface area contributed by atoms with Crippen LogP contribution in [0.4, 0.5) is 15.8 Å². The number of aryl methyl sites for hydroxylation is 1. The van der Waals surface area contributed by atoms with Crippen LogP contribution in [0.2, 0.25) is 0 Å². The molecule has 0 aliphatic rings. The van der Waals surface area contributed by atoms with Crippen LogP contribution in [0.1, 0.15) is 42.3 Å². The van der Waals surface area contributed by atoms with E-state index in [-0.39, 0.29) is 11.3 Å². The average Bonchev–Trinajstić information content (AvgIpc) is 2.63. The number of nitriles is 1. The number of halogens is 1. The number of anilines is 2. The second-order valence-electron chi connectivity index (χ2n) is 4.84. The second-order valence-corrected chi connectivity index (χ2v) is 4.84. The SMILES string of the molecule is CC.CCONC(=O)c1ccc(C#N)cc1Nc1ccc(C)cc1F. The van der Waals surface area contributed by atoms with Crippen molar-refractivity contribution in [1.29, 1.82) is 5.26 Å². The first kappa shape index (κ1) is 20.1. The number of rotatable bonds is 5. The molecule has 0 aliphatic heterocycles. The molecule has 0 radical (unpaired) electrons. The molecule has 25 heavy (non-hydrogen) atoms. The van der Waals surface area contributed by atoms with E-state index in [2.05, 4.69) is 10.8 Å². The van der Waals surface area contributed by atoms with E-state index in [0.717, 1.165) is 5.56 Å². The average molecular weight is 343 g/mol. The summed E-state index contributed by atoms with van der Waals surface area (Å²) in [6, 6.07) is 11.2. The van der Waals surface area contributed by atoms with Gasteiger partial charge in [-0.1, -0.05) is 19.9 Å². The van der Waals surface area contributed by atoms with Crippen molar-refractivity contribution in [3.63, 3.8) is 0 Å². The minimum absolute atomic E-state index is 0.219. The zero-order valence-corrected chi connectivity index (χ0v) is 14.8. The molecule has 2 aromatic rings. The zero-order valence-electron chi connectivity index (χ0n) is 14.8. The number of carbonyl (C=O) groups excluding carboxylic acids is 1. The van der Waals surface area contributed by atoms with E-state index >= 15 is 0 Å². The van der Waals surface area contributed by atoms with Gasteiger partial charge in [0.1, 0.15) is 5.82 Å². The number of amides is 1. The van der Waals surface area contributed by atoms with Gasteiger partial charge in [-0.3, -0.25) is 9.63 Å². The van der Waals surface area contributed by atoms with Crippen molar-refractivity contribution in [3.05, 3.63) is 58.9 Å². The zero-order chi connectivity index (χ0) is 18.8. The molecule has 0 fully saturated rings. The van der Waals surface area contributed by atoms with E-state index in [4.69, 9.17) is 10.1 Å². The summed E-state index contributed by atoms with van der Waals surface area (Å²) in [5.41, 5.74) is 4.21. The Labute approximate surface area is 147 Å². The van der Waals surface area contributed by atoms with Crippen LogP contribution >= 0.6 is 0 Å². The normalized spacial score (nSPS) is 9.44. The minimum atomic E-state index is -0.480. The Bertz CT molecular complexity index is 770. The molecule has 0 aliphatic carbocycles. The van der Waals surface area contributed by atoms with E-state index in [1.807, 2.05) is 19.9 Å². The summed E-state index contributed by atoms with van der Waals surface area (Å²) < 4.78 is 14.0. The second kappa shape index (κ2) is 10.1. The fraction of sp³-hybridized carbons (Fsp3) is 0.263. The Morgan fingerprint density at radius 1 is 1.20 bits per heavy atom. The van der Waals surface area contributed by atoms with Gasteiger partial charge in [0, 0.05) is 0 Å². The molecule has 0 heterocycles. The van der Waals surface area contributed by atoms with Gasteiger partial charge < -0.3 is 5.32 Å². The van der Waals surface area contributed by atoms with Crippen LogP contribution in [0, 0.1) is 24.1 Å². The molecule has 5 nitrogen and oxygen atoms in total. The first-order chi connectivity index (χ1) is 12.0. The van der Waals surface area contributed by atoms with Crippen molar-refractivity contribution in [2.45, 2.75) is 27.7 Å². The molecule has 0 saturated heterocycles. The lowest BCUT2D eigenvalue weighted by atomic mass is 10.1. The summed E-state index contributed by atoms with van der Waals surface area (Å²) in [6.07, 6.45) is 0. The standard InChI is InChI=1S/C17H16FN3O2.C2H6/c1-3-23-21-17(22)13-6-5-12(10-19)9-16(13)20-15-7-4-11(2)8-14(15)18;1-2/h4-9,20H,3H2,1-2H3,(H,21,22);1-2H3. The fourth-order valence-corrected chi connectivity index (χ4v) is 1.97. The largest absolute Gasteiger partial charge is 0.352 e. The van der Waals surface area contributed by atoms with Crippen LogP contribution in [0.3, 0.4) is 0 Å². The highest BCUT2D eigenvalue weighted by Gasteiger charge is 2.14. The van der Waals surface area contributed by atoms with Crippen molar-refractivity contribution in [3.8, 4) is 6.07 Å². The van der Waals surface area contributed by atoms with Crippen molar-refractivity contribution in [1.82, 2.24) is 5.48 Å². The summed E-state index contributed by atoms with van der Waals surface area (Å²) in [4.78, 5) is 17.0. The molecule has 0 saturated carbocycles. The Morgan fingerprint density at radius 2 is 1.92 bits per heavy atom. The monoisotopic (exact) mass is 343 g/mol. The van der Waals surface area contributed by atoms with E-state index < -0.39 is 11.7 Å². The fourth-order valence-electron chi connectivity index (χ4n) is 1.97. The van der Waals surface area contributed by atoms with Gasteiger partial charge in [0.05, 0.1) is 35.2 Å². The first-order valence-corrected chi connectivity index (χ1v) is 8.04. The lowest BCUT2D eigenvalue weighted by Crippen LogP contribution is -2.24. The van der Waals surface area contributed by atoms with Crippen LogP contribution in [0.5, 0.6) is 0 Å². The van der Waals surface area contributed by atoms with Gasteiger partial charge in [-0.2, -0.15) is 5.26 Å². The van der Waals surface area contributed by atoms with Gasteiger partial charge in [-0.25, -0.2) is 9.87 Å². The van der Waals surface area contributed by atoms with Crippen molar-refractivity contribution >= 4 is 17.3 Å². The van der Waals surface area contributed by atoms with Crippen LogP contribution in [-0.2, 0) is 4.84 Å². The topological polar surface area (TPSA) is 74.1 Å². The third kappa shape index (κ3) is 5.59. The molecule has 0 aromatic heterocycles. The summed E-state index contributed by atoms with van der Waals surface area (Å²) in [5.74, 6) is -0.921. The molecule has 2 rings (SSSR count). The maximum atomic E-state index is 14.0. The van der Waals surface area contributed by atoms with Gasteiger partial charge in [-0.15, -0.1) is 0 Å². The van der Waals surface area contributed by atoms with Crippen molar-refractivity contribution in [2.24, 2.45) is 0 Å². The van der Waals surface area contributed by atoms with E-state index in [1.165, 1.54) is 24.3 Å². The van der Waals surface area contributed by atoms with Gasteiger partial charge in [-0.05, 0) is 49.7 Å². The van der Waals surface area contributed by atoms with Gasteiger partial charge in [0.25, 0.3) is 5.91 Å². The molecule has 1 amide bonds. The van der Waals surface area contributed by atoms with Crippen LogP contribution in [0.25, 0.3) is 0 Å².